The molecule has 9 heteroatoms. The molecule has 2 aromatic heterocycles. The van der Waals surface area contributed by atoms with Gasteiger partial charge in [-0.25, -0.2) is 4.68 Å². The van der Waals surface area contributed by atoms with Crippen LogP contribution < -0.4 is 10.9 Å². The lowest BCUT2D eigenvalue weighted by Gasteiger charge is -2.26. The molecule has 0 saturated carbocycles. The minimum atomic E-state index is -0.249. The van der Waals surface area contributed by atoms with Gasteiger partial charge < -0.3 is 14.6 Å². The summed E-state index contributed by atoms with van der Waals surface area (Å²) in [6.45, 7) is 8.94. The smallest absolute Gasteiger partial charge is 0.276 e. The fourth-order valence-electron chi connectivity index (χ4n) is 4.14. The summed E-state index contributed by atoms with van der Waals surface area (Å²) in [7, 11) is 0. The van der Waals surface area contributed by atoms with Gasteiger partial charge in [0.25, 0.3) is 5.56 Å². The molecular weight excluding hydrogens is 430 g/mol. The second-order valence-electron chi connectivity index (χ2n) is 8.08. The van der Waals surface area contributed by atoms with E-state index in [1.807, 2.05) is 38.1 Å². The summed E-state index contributed by atoms with van der Waals surface area (Å²) in [5, 5.41) is 9.25. The van der Waals surface area contributed by atoms with E-state index >= 15 is 0 Å². The van der Waals surface area contributed by atoms with Gasteiger partial charge in [0.05, 0.1) is 24.8 Å². The molecule has 1 N–H and O–H groups in total. The molecule has 1 saturated heterocycles. The lowest BCUT2D eigenvalue weighted by Crippen LogP contribution is -2.42. The zero-order valence-corrected chi connectivity index (χ0v) is 19.2. The Morgan fingerprint density at radius 3 is 2.59 bits per heavy atom. The van der Waals surface area contributed by atoms with Crippen LogP contribution in [0.3, 0.4) is 0 Å². The van der Waals surface area contributed by atoms with Crippen LogP contribution >= 0.6 is 11.6 Å². The fourth-order valence-corrected chi connectivity index (χ4v) is 4.26. The van der Waals surface area contributed by atoms with E-state index in [1.165, 1.54) is 4.68 Å². The first-order valence-corrected chi connectivity index (χ1v) is 11.2. The van der Waals surface area contributed by atoms with Crippen LogP contribution in [-0.2, 0) is 22.6 Å². The van der Waals surface area contributed by atoms with Crippen molar-refractivity contribution in [2.45, 2.75) is 26.9 Å². The van der Waals surface area contributed by atoms with Gasteiger partial charge in [-0.3, -0.25) is 14.5 Å². The minimum Gasteiger partial charge on any atom is -0.379 e. The lowest BCUT2D eigenvalue weighted by molar-refractivity contribution is -0.122. The molecular formula is C23H28ClN5O3. The zero-order valence-electron chi connectivity index (χ0n) is 18.4. The van der Waals surface area contributed by atoms with Crippen LogP contribution in [0, 0.1) is 13.8 Å². The van der Waals surface area contributed by atoms with E-state index < -0.39 is 0 Å². The number of benzene rings is 1. The maximum Gasteiger partial charge on any atom is 0.276 e. The van der Waals surface area contributed by atoms with Crippen LogP contribution in [0.4, 0.5) is 0 Å². The Hall–Kier alpha value is -2.68. The number of hydrogen-bond acceptors (Lipinski definition) is 5. The number of ether oxygens (including phenoxy) is 1. The first-order chi connectivity index (χ1) is 15.4. The Bertz CT molecular complexity index is 1160. The van der Waals surface area contributed by atoms with Crippen LogP contribution in [0.5, 0.6) is 0 Å². The number of halogens is 1. The van der Waals surface area contributed by atoms with E-state index in [0.29, 0.717) is 23.5 Å². The Kier molecular flexibility index (Phi) is 6.93. The van der Waals surface area contributed by atoms with Crippen LogP contribution in [0.15, 0.2) is 35.3 Å². The number of aryl methyl sites for hydroxylation is 2. The second-order valence-corrected chi connectivity index (χ2v) is 8.52. The number of aromatic nitrogens is 3. The van der Waals surface area contributed by atoms with Gasteiger partial charge in [0, 0.05) is 54.5 Å². The molecule has 170 valence electrons. The first-order valence-electron chi connectivity index (χ1n) is 10.8. The highest BCUT2D eigenvalue weighted by molar-refractivity contribution is 6.30. The normalized spacial score (nSPS) is 14.7. The molecule has 1 aliphatic rings. The zero-order chi connectivity index (χ0) is 22.7. The van der Waals surface area contributed by atoms with E-state index in [9.17, 15) is 9.59 Å². The predicted octanol–water partition coefficient (Wildman–Crippen LogP) is 1.96. The Labute approximate surface area is 191 Å². The molecule has 32 heavy (non-hydrogen) atoms. The van der Waals surface area contributed by atoms with Gasteiger partial charge in [0.1, 0.15) is 6.54 Å². The van der Waals surface area contributed by atoms with Crippen molar-refractivity contribution in [3.8, 4) is 0 Å². The fraction of sp³-hybridized carbons (Fsp3) is 0.435. The van der Waals surface area contributed by atoms with Gasteiger partial charge in [-0.15, -0.1) is 0 Å². The van der Waals surface area contributed by atoms with Crippen molar-refractivity contribution in [1.29, 1.82) is 0 Å². The number of morpholine rings is 1. The molecule has 0 aliphatic carbocycles. The second kappa shape index (κ2) is 9.85. The van der Waals surface area contributed by atoms with Gasteiger partial charge in [0.2, 0.25) is 5.91 Å². The number of amides is 1. The number of hydrogen-bond donors (Lipinski definition) is 1. The van der Waals surface area contributed by atoms with Crippen molar-refractivity contribution in [2.24, 2.45) is 0 Å². The van der Waals surface area contributed by atoms with E-state index in [2.05, 4.69) is 19.9 Å². The molecule has 4 rings (SSSR count). The molecule has 0 spiro atoms. The molecule has 0 bridgehead atoms. The molecule has 0 atom stereocenters. The van der Waals surface area contributed by atoms with Crippen LogP contribution in [0.1, 0.15) is 17.0 Å². The average Bonchev–Trinajstić information content (AvgIpc) is 3.03. The molecule has 8 nitrogen and oxygen atoms in total. The van der Waals surface area contributed by atoms with Gasteiger partial charge in [0.15, 0.2) is 0 Å². The largest absolute Gasteiger partial charge is 0.379 e. The standard InChI is InChI=1S/C23H28ClN5O3/c1-16-20-13-26-29(15-21(30)25-7-8-27-9-11-32-12-10-27)23(31)22(20)17(2)28(16)14-18-3-5-19(24)6-4-18/h3-6,13H,7-12,14-15H2,1-2H3,(H,25,30). The molecule has 1 aromatic carbocycles. The number of carbonyl (C=O) groups excluding carboxylic acids is 1. The topological polar surface area (TPSA) is 81.4 Å². The van der Waals surface area contributed by atoms with Crippen molar-refractivity contribution in [1.82, 2.24) is 24.6 Å². The molecule has 1 fully saturated rings. The third kappa shape index (κ3) is 4.87. The first kappa shape index (κ1) is 22.5. The highest BCUT2D eigenvalue weighted by Crippen LogP contribution is 2.23. The summed E-state index contributed by atoms with van der Waals surface area (Å²) >= 11 is 5.99. The highest BCUT2D eigenvalue weighted by Gasteiger charge is 2.18. The van der Waals surface area contributed by atoms with Gasteiger partial charge in [-0.1, -0.05) is 23.7 Å². The van der Waals surface area contributed by atoms with Crippen molar-refractivity contribution in [3.63, 3.8) is 0 Å². The van der Waals surface area contributed by atoms with E-state index in [1.54, 1.807) is 6.20 Å². The maximum atomic E-state index is 13.1. The average molecular weight is 458 g/mol. The Morgan fingerprint density at radius 1 is 1.16 bits per heavy atom. The summed E-state index contributed by atoms with van der Waals surface area (Å²) < 4.78 is 8.67. The van der Waals surface area contributed by atoms with Gasteiger partial charge in [-0.05, 0) is 31.5 Å². The molecule has 3 heterocycles. The van der Waals surface area contributed by atoms with Crippen molar-refractivity contribution in [2.75, 3.05) is 39.4 Å². The molecule has 1 amide bonds. The van der Waals surface area contributed by atoms with Crippen molar-refractivity contribution < 1.29 is 9.53 Å². The van der Waals surface area contributed by atoms with Gasteiger partial charge in [-0.2, -0.15) is 5.10 Å². The number of nitrogens with zero attached hydrogens (tertiary/aromatic N) is 4. The van der Waals surface area contributed by atoms with Crippen molar-refractivity contribution >= 4 is 28.3 Å². The van der Waals surface area contributed by atoms with Gasteiger partial charge >= 0.3 is 0 Å². The SMILES string of the molecule is Cc1c2cnn(CC(=O)NCCN3CCOCC3)c(=O)c2c(C)n1Cc1ccc(Cl)cc1. The lowest BCUT2D eigenvalue weighted by atomic mass is 10.2. The monoisotopic (exact) mass is 457 g/mol. The summed E-state index contributed by atoms with van der Waals surface area (Å²) in [5.41, 5.74) is 2.68. The summed E-state index contributed by atoms with van der Waals surface area (Å²) in [4.78, 5) is 27.8. The summed E-state index contributed by atoms with van der Waals surface area (Å²) in [6.07, 6.45) is 1.68. The molecule has 0 unspecified atom stereocenters. The van der Waals surface area contributed by atoms with E-state index in [-0.39, 0.29) is 18.0 Å². The quantitative estimate of drug-likeness (QED) is 0.586. The third-order valence-corrected chi connectivity index (χ3v) is 6.26. The number of rotatable bonds is 7. The summed E-state index contributed by atoms with van der Waals surface area (Å²) in [6, 6.07) is 7.67. The predicted molar refractivity (Wildman–Crippen MR) is 124 cm³/mol. The van der Waals surface area contributed by atoms with Crippen LogP contribution in [-0.4, -0.2) is 64.5 Å². The number of fused-ring (bicyclic) bond motifs is 1. The minimum absolute atomic E-state index is 0.0985. The molecule has 1 aliphatic heterocycles. The third-order valence-electron chi connectivity index (χ3n) is 6.01. The molecule has 0 radical (unpaired) electrons. The maximum absolute atomic E-state index is 13.1. The van der Waals surface area contributed by atoms with E-state index in [0.717, 1.165) is 55.2 Å². The Morgan fingerprint density at radius 2 is 1.88 bits per heavy atom. The van der Waals surface area contributed by atoms with Crippen molar-refractivity contribution in [3.05, 3.63) is 62.8 Å². The number of carbonyl (C=O) groups is 1. The van der Waals surface area contributed by atoms with Crippen LogP contribution in [0.2, 0.25) is 5.02 Å². The highest BCUT2D eigenvalue weighted by atomic mass is 35.5. The molecule has 3 aromatic rings. The Balaban J connectivity index is 1.48. The van der Waals surface area contributed by atoms with E-state index in [4.69, 9.17) is 16.3 Å². The summed E-state index contributed by atoms with van der Waals surface area (Å²) in [5.74, 6) is -0.220. The number of nitrogens with one attached hydrogen (secondary N) is 1. The van der Waals surface area contributed by atoms with Crippen LogP contribution in [0.25, 0.3) is 10.8 Å².